The SMILES string of the molecule is CNC(=O)CNC(=O)COc1ccccc1C(=O)OC. The van der Waals surface area contributed by atoms with E-state index in [0.717, 1.165) is 0 Å². The number of esters is 1. The molecule has 2 N–H and O–H groups in total. The number of nitrogens with one attached hydrogen (secondary N) is 2. The zero-order valence-electron chi connectivity index (χ0n) is 11.3. The van der Waals surface area contributed by atoms with Crippen LogP contribution in [0.15, 0.2) is 24.3 Å². The van der Waals surface area contributed by atoms with Crippen molar-refractivity contribution in [2.45, 2.75) is 0 Å². The van der Waals surface area contributed by atoms with Crippen LogP contribution in [0.5, 0.6) is 5.75 Å². The minimum absolute atomic E-state index is 0.128. The van der Waals surface area contributed by atoms with E-state index in [9.17, 15) is 14.4 Å². The maximum atomic E-state index is 11.5. The summed E-state index contributed by atoms with van der Waals surface area (Å²) in [5, 5.41) is 4.74. The standard InChI is InChI=1S/C13H16N2O5/c1-14-11(16)7-15-12(17)8-20-10-6-4-3-5-9(10)13(18)19-2/h3-6H,7-8H2,1-2H3,(H,14,16)(H,15,17). The van der Waals surface area contributed by atoms with Crippen molar-refractivity contribution in [1.29, 1.82) is 0 Å². The molecule has 108 valence electrons. The van der Waals surface area contributed by atoms with Gasteiger partial charge in [-0.2, -0.15) is 0 Å². The lowest BCUT2D eigenvalue weighted by Gasteiger charge is -2.10. The molecule has 7 heteroatoms. The molecule has 0 aliphatic heterocycles. The van der Waals surface area contributed by atoms with Crippen molar-refractivity contribution in [3.8, 4) is 5.75 Å². The highest BCUT2D eigenvalue weighted by Crippen LogP contribution is 2.18. The van der Waals surface area contributed by atoms with Crippen molar-refractivity contribution in [2.24, 2.45) is 0 Å². The third-order valence-corrected chi connectivity index (χ3v) is 2.38. The first-order valence-electron chi connectivity index (χ1n) is 5.86. The van der Waals surface area contributed by atoms with Gasteiger partial charge in [0.1, 0.15) is 11.3 Å². The van der Waals surface area contributed by atoms with Crippen LogP contribution in [0.4, 0.5) is 0 Å². The van der Waals surface area contributed by atoms with Gasteiger partial charge >= 0.3 is 5.97 Å². The molecule has 1 rings (SSSR count). The van der Waals surface area contributed by atoms with Crippen LogP contribution >= 0.6 is 0 Å². The molecular weight excluding hydrogens is 264 g/mol. The molecule has 0 atom stereocenters. The molecule has 0 saturated carbocycles. The van der Waals surface area contributed by atoms with E-state index in [4.69, 9.17) is 4.74 Å². The second-order valence-corrected chi connectivity index (χ2v) is 3.73. The summed E-state index contributed by atoms with van der Waals surface area (Å²) in [5.74, 6) is -1.08. The predicted molar refractivity (Wildman–Crippen MR) is 70.4 cm³/mol. The summed E-state index contributed by atoms with van der Waals surface area (Å²) in [6.07, 6.45) is 0. The molecule has 0 fully saturated rings. The first-order valence-corrected chi connectivity index (χ1v) is 5.86. The number of ether oxygens (including phenoxy) is 2. The second-order valence-electron chi connectivity index (χ2n) is 3.73. The van der Waals surface area contributed by atoms with Crippen LogP contribution in [0.2, 0.25) is 0 Å². The molecule has 0 aliphatic carbocycles. The minimum Gasteiger partial charge on any atom is -0.483 e. The van der Waals surface area contributed by atoms with Gasteiger partial charge in [0, 0.05) is 7.05 Å². The third-order valence-electron chi connectivity index (χ3n) is 2.38. The highest BCUT2D eigenvalue weighted by molar-refractivity contribution is 5.92. The van der Waals surface area contributed by atoms with Crippen molar-refractivity contribution in [1.82, 2.24) is 10.6 Å². The van der Waals surface area contributed by atoms with Gasteiger partial charge in [-0.3, -0.25) is 9.59 Å². The molecule has 20 heavy (non-hydrogen) atoms. The van der Waals surface area contributed by atoms with Crippen molar-refractivity contribution in [3.05, 3.63) is 29.8 Å². The maximum absolute atomic E-state index is 11.5. The molecule has 0 radical (unpaired) electrons. The molecule has 7 nitrogen and oxygen atoms in total. The fourth-order valence-electron chi connectivity index (χ4n) is 1.33. The first kappa shape index (κ1) is 15.5. The molecule has 0 aromatic heterocycles. The minimum atomic E-state index is -0.550. The lowest BCUT2D eigenvalue weighted by molar-refractivity contribution is -0.127. The number of carbonyl (C=O) groups excluding carboxylic acids is 3. The molecule has 1 aromatic rings. The largest absolute Gasteiger partial charge is 0.483 e. The molecule has 0 unspecified atom stereocenters. The summed E-state index contributed by atoms with van der Waals surface area (Å²) in [4.78, 5) is 33.9. The van der Waals surface area contributed by atoms with Gasteiger partial charge in [-0.1, -0.05) is 12.1 Å². The lowest BCUT2D eigenvalue weighted by Crippen LogP contribution is -2.37. The highest BCUT2D eigenvalue weighted by atomic mass is 16.5. The summed E-state index contributed by atoms with van der Waals surface area (Å²) in [6, 6.07) is 6.41. The van der Waals surface area contributed by atoms with Gasteiger partial charge in [-0.05, 0) is 12.1 Å². The number of methoxy groups -OCH3 is 1. The topological polar surface area (TPSA) is 93.7 Å². The molecule has 0 saturated heterocycles. The summed E-state index contributed by atoms with van der Waals surface area (Å²) in [7, 11) is 2.73. The Balaban J connectivity index is 2.55. The Kier molecular flexibility index (Phi) is 6.02. The molecule has 1 aromatic carbocycles. The van der Waals surface area contributed by atoms with Gasteiger partial charge in [0.05, 0.1) is 13.7 Å². The van der Waals surface area contributed by atoms with E-state index in [0.29, 0.717) is 0 Å². The fourth-order valence-corrected chi connectivity index (χ4v) is 1.33. The van der Waals surface area contributed by atoms with Crippen LogP contribution in [0.25, 0.3) is 0 Å². The zero-order chi connectivity index (χ0) is 15.0. The number of hydrogen-bond donors (Lipinski definition) is 2. The van der Waals surface area contributed by atoms with Crippen LogP contribution in [0.1, 0.15) is 10.4 Å². The van der Waals surface area contributed by atoms with Crippen molar-refractivity contribution >= 4 is 17.8 Å². The second kappa shape index (κ2) is 7.78. The summed E-state index contributed by atoms with van der Waals surface area (Å²) >= 11 is 0. The van der Waals surface area contributed by atoms with Crippen LogP contribution in [0, 0.1) is 0 Å². The van der Waals surface area contributed by atoms with Crippen molar-refractivity contribution in [3.63, 3.8) is 0 Å². The Hall–Kier alpha value is -2.57. The van der Waals surface area contributed by atoms with Crippen LogP contribution in [0.3, 0.4) is 0 Å². The van der Waals surface area contributed by atoms with Crippen LogP contribution < -0.4 is 15.4 Å². The number of likely N-dealkylation sites (N-methyl/N-ethyl adjacent to an activating group) is 1. The number of rotatable bonds is 6. The number of amides is 2. The Morgan fingerprint density at radius 1 is 1.15 bits per heavy atom. The van der Waals surface area contributed by atoms with Gasteiger partial charge in [0.15, 0.2) is 6.61 Å². The number of carbonyl (C=O) groups is 3. The summed E-state index contributed by atoms with van der Waals surface area (Å²) < 4.78 is 9.85. The zero-order valence-corrected chi connectivity index (χ0v) is 11.3. The smallest absolute Gasteiger partial charge is 0.341 e. The highest BCUT2D eigenvalue weighted by Gasteiger charge is 2.13. The monoisotopic (exact) mass is 280 g/mol. The van der Waals surface area contributed by atoms with Gasteiger partial charge in [-0.25, -0.2) is 4.79 Å². The molecule has 0 bridgehead atoms. The molecular formula is C13H16N2O5. The summed E-state index contributed by atoms with van der Waals surface area (Å²) in [5.41, 5.74) is 0.231. The third kappa shape index (κ3) is 4.60. The van der Waals surface area contributed by atoms with Crippen molar-refractivity contribution < 1.29 is 23.9 Å². The Labute approximate surface area is 116 Å². The Morgan fingerprint density at radius 2 is 1.85 bits per heavy atom. The van der Waals surface area contributed by atoms with Crippen LogP contribution in [-0.4, -0.2) is 45.1 Å². The van der Waals surface area contributed by atoms with E-state index >= 15 is 0 Å². The van der Waals surface area contributed by atoms with E-state index in [1.165, 1.54) is 20.2 Å². The van der Waals surface area contributed by atoms with Crippen molar-refractivity contribution in [2.75, 3.05) is 27.3 Å². The quantitative estimate of drug-likeness (QED) is 0.699. The average molecular weight is 280 g/mol. The van der Waals surface area contributed by atoms with Crippen LogP contribution in [-0.2, 0) is 14.3 Å². The Bertz CT molecular complexity index is 501. The van der Waals surface area contributed by atoms with E-state index in [1.54, 1.807) is 18.2 Å². The molecule has 0 heterocycles. The number of para-hydroxylation sites is 1. The van der Waals surface area contributed by atoms with E-state index in [1.807, 2.05) is 0 Å². The molecule has 0 spiro atoms. The van der Waals surface area contributed by atoms with E-state index in [2.05, 4.69) is 15.4 Å². The normalized spacial score (nSPS) is 9.50. The van der Waals surface area contributed by atoms with Gasteiger partial charge in [-0.15, -0.1) is 0 Å². The fraction of sp³-hybridized carbons (Fsp3) is 0.308. The average Bonchev–Trinajstić information content (AvgIpc) is 2.49. The lowest BCUT2D eigenvalue weighted by atomic mass is 10.2. The molecule has 0 aliphatic rings. The maximum Gasteiger partial charge on any atom is 0.341 e. The predicted octanol–water partition coefficient (Wildman–Crippen LogP) is -0.286. The van der Waals surface area contributed by atoms with Gasteiger partial charge < -0.3 is 20.1 Å². The molecule has 2 amide bonds. The number of hydrogen-bond acceptors (Lipinski definition) is 5. The van der Waals surface area contributed by atoms with Gasteiger partial charge in [0.2, 0.25) is 5.91 Å². The first-order chi connectivity index (χ1) is 9.58. The number of benzene rings is 1. The van der Waals surface area contributed by atoms with Gasteiger partial charge in [0.25, 0.3) is 5.91 Å². The Morgan fingerprint density at radius 3 is 2.50 bits per heavy atom. The van der Waals surface area contributed by atoms with E-state index < -0.39 is 11.9 Å². The van der Waals surface area contributed by atoms with E-state index in [-0.39, 0.29) is 30.4 Å². The summed E-state index contributed by atoms with van der Waals surface area (Å²) in [6.45, 7) is -0.428.